The number of halogens is 3. The topological polar surface area (TPSA) is 20.2 Å². The highest BCUT2D eigenvalue weighted by atomic mass is 35.5. The molecule has 0 amide bonds. The lowest BCUT2D eigenvalue weighted by molar-refractivity contribution is 0.111. The highest BCUT2D eigenvalue weighted by molar-refractivity contribution is 6.30. The van der Waals surface area contributed by atoms with E-state index >= 15 is 0 Å². The molecule has 15 heavy (non-hydrogen) atoms. The third kappa shape index (κ3) is 2.67. The van der Waals surface area contributed by atoms with E-state index in [9.17, 15) is 13.9 Å². The van der Waals surface area contributed by atoms with Gasteiger partial charge in [0.1, 0.15) is 11.6 Å². The number of benzene rings is 1. The predicted octanol–water partition coefficient (Wildman–Crippen LogP) is 3.70. The first-order valence-electron chi connectivity index (χ1n) is 4.79. The van der Waals surface area contributed by atoms with Crippen LogP contribution in [0.25, 0.3) is 0 Å². The van der Waals surface area contributed by atoms with Crippen LogP contribution < -0.4 is 0 Å². The van der Waals surface area contributed by atoms with Crippen molar-refractivity contribution in [2.45, 2.75) is 26.4 Å². The van der Waals surface area contributed by atoms with E-state index in [4.69, 9.17) is 11.6 Å². The van der Waals surface area contributed by atoms with Gasteiger partial charge < -0.3 is 5.11 Å². The Hall–Kier alpha value is -0.670. The first kappa shape index (κ1) is 12.4. The Balaban J connectivity index is 3.09. The van der Waals surface area contributed by atoms with Crippen molar-refractivity contribution in [2.24, 2.45) is 5.92 Å². The second-order valence-corrected chi connectivity index (χ2v) is 4.03. The smallest absolute Gasteiger partial charge is 0.142 e. The van der Waals surface area contributed by atoms with Gasteiger partial charge in [-0.05, 0) is 18.1 Å². The minimum Gasteiger partial charge on any atom is -0.388 e. The van der Waals surface area contributed by atoms with Gasteiger partial charge in [0.25, 0.3) is 0 Å². The molecule has 84 valence electrons. The Bertz CT molecular complexity index is 355. The normalized spacial score (nSPS) is 15.1. The van der Waals surface area contributed by atoms with Crippen LogP contribution in [0.4, 0.5) is 8.78 Å². The monoisotopic (exact) mass is 234 g/mol. The zero-order chi connectivity index (χ0) is 11.6. The Labute approximate surface area is 92.7 Å². The largest absolute Gasteiger partial charge is 0.388 e. The minimum absolute atomic E-state index is 0.0359. The molecule has 0 fully saturated rings. The van der Waals surface area contributed by atoms with Crippen LogP contribution in [-0.2, 0) is 0 Å². The van der Waals surface area contributed by atoms with Crippen molar-refractivity contribution in [3.8, 4) is 0 Å². The molecule has 2 atom stereocenters. The lowest BCUT2D eigenvalue weighted by atomic mass is 9.95. The molecule has 1 rings (SSSR count). The maximum absolute atomic E-state index is 13.4. The number of rotatable bonds is 3. The Morgan fingerprint density at radius 2 is 1.93 bits per heavy atom. The van der Waals surface area contributed by atoms with Gasteiger partial charge in [-0.2, -0.15) is 0 Å². The third-order valence-electron chi connectivity index (χ3n) is 2.54. The average Bonchev–Trinajstić information content (AvgIpc) is 2.21. The average molecular weight is 235 g/mol. The van der Waals surface area contributed by atoms with Gasteiger partial charge in [0.2, 0.25) is 0 Å². The molecule has 0 aliphatic heterocycles. The minimum atomic E-state index is -0.998. The molecule has 0 radical (unpaired) electrons. The van der Waals surface area contributed by atoms with E-state index in [1.165, 1.54) is 0 Å². The molecule has 0 saturated heterocycles. The molecular weight excluding hydrogens is 222 g/mol. The molecule has 0 bridgehead atoms. The van der Waals surface area contributed by atoms with Gasteiger partial charge in [0.05, 0.1) is 11.1 Å². The van der Waals surface area contributed by atoms with Crippen molar-refractivity contribution in [2.75, 3.05) is 0 Å². The summed E-state index contributed by atoms with van der Waals surface area (Å²) in [6, 6.07) is 1.84. The fourth-order valence-corrected chi connectivity index (χ4v) is 1.44. The van der Waals surface area contributed by atoms with E-state index in [1.807, 2.05) is 6.92 Å². The maximum atomic E-state index is 13.4. The highest BCUT2D eigenvalue weighted by Crippen LogP contribution is 2.29. The van der Waals surface area contributed by atoms with Crippen molar-refractivity contribution < 1.29 is 13.9 Å². The molecule has 1 N–H and O–H groups in total. The summed E-state index contributed by atoms with van der Waals surface area (Å²) >= 11 is 5.41. The molecule has 0 aromatic heterocycles. The van der Waals surface area contributed by atoms with Gasteiger partial charge in [0, 0.05) is 5.56 Å². The first-order valence-corrected chi connectivity index (χ1v) is 5.17. The van der Waals surface area contributed by atoms with E-state index in [-0.39, 0.29) is 16.5 Å². The molecule has 0 spiro atoms. The summed E-state index contributed by atoms with van der Waals surface area (Å²) in [5.74, 6) is -1.51. The Morgan fingerprint density at radius 1 is 1.33 bits per heavy atom. The number of hydrogen-bond acceptors (Lipinski definition) is 1. The summed E-state index contributed by atoms with van der Waals surface area (Å²) in [6.45, 7) is 3.65. The molecular formula is C11H13ClF2O. The second kappa shape index (κ2) is 4.90. The van der Waals surface area contributed by atoms with Gasteiger partial charge in [-0.15, -0.1) is 0 Å². The molecule has 2 unspecified atom stereocenters. The van der Waals surface area contributed by atoms with E-state index in [0.717, 1.165) is 12.1 Å². The van der Waals surface area contributed by atoms with Crippen LogP contribution >= 0.6 is 11.6 Å². The van der Waals surface area contributed by atoms with Crippen LogP contribution in [0.2, 0.25) is 5.02 Å². The van der Waals surface area contributed by atoms with Gasteiger partial charge in [0.15, 0.2) is 0 Å². The standard InChI is InChI=1S/C11H13ClF2O/c1-3-6(2)11(15)7-4-10(14)8(12)5-9(7)13/h4-6,11,15H,3H2,1-2H3. The predicted molar refractivity (Wildman–Crippen MR) is 55.8 cm³/mol. The molecule has 1 aromatic carbocycles. The van der Waals surface area contributed by atoms with Crippen LogP contribution in [0.15, 0.2) is 12.1 Å². The van der Waals surface area contributed by atoms with Crippen LogP contribution in [-0.4, -0.2) is 5.11 Å². The zero-order valence-corrected chi connectivity index (χ0v) is 9.35. The van der Waals surface area contributed by atoms with Crippen molar-refractivity contribution in [1.82, 2.24) is 0 Å². The van der Waals surface area contributed by atoms with E-state index in [0.29, 0.717) is 6.42 Å². The third-order valence-corrected chi connectivity index (χ3v) is 2.83. The summed E-state index contributed by atoms with van der Waals surface area (Å²) in [4.78, 5) is 0. The quantitative estimate of drug-likeness (QED) is 0.791. The van der Waals surface area contributed by atoms with Crippen LogP contribution in [0.3, 0.4) is 0 Å². The molecule has 0 heterocycles. The van der Waals surface area contributed by atoms with Gasteiger partial charge in [-0.25, -0.2) is 8.78 Å². The Morgan fingerprint density at radius 3 is 2.47 bits per heavy atom. The molecule has 0 saturated carbocycles. The fourth-order valence-electron chi connectivity index (χ4n) is 1.29. The highest BCUT2D eigenvalue weighted by Gasteiger charge is 2.20. The first-order chi connectivity index (χ1) is 6.97. The summed E-state index contributed by atoms with van der Waals surface area (Å²) in [5, 5.41) is 9.46. The van der Waals surface area contributed by atoms with Gasteiger partial charge in [-0.1, -0.05) is 31.9 Å². The van der Waals surface area contributed by atoms with Gasteiger partial charge in [-0.3, -0.25) is 0 Å². The fraction of sp³-hybridized carbons (Fsp3) is 0.455. The van der Waals surface area contributed by atoms with Crippen molar-refractivity contribution >= 4 is 11.6 Å². The van der Waals surface area contributed by atoms with E-state index in [2.05, 4.69) is 0 Å². The Kier molecular flexibility index (Phi) is 4.05. The lowest BCUT2D eigenvalue weighted by Gasteiger charge is -2.18. The zero-order valence-electron chi connectivity index (χ0n) is 8.60. The number of hydrogen-bond donors (Lipinski definition) is 1. The van der Waals surface area contributed by atoms with Crippen LogP contribution in [0, 0.1) is 17.6 Å². The maximum Gasteiger partial charge on any atom is 0.142 e. The molecule has 4 heteroatoms. The molecule has 1 aromatic rings. The van der Waals surface area contributed by atoms with E-state index < -0.39 is 17.7 Å². The second-order valence-electron chi connectivity index (χ2n) is 3.62. The number of aliphatic hydroxyl groups excluding tert-OH is 1. The summed E-state index contributed by atoms with van der Waals surface area (Å²) in [7, 11) is 0. The molecule has 0 aliphatic rings. The van der Waals surface area contributed by atoms with Crippen molar-refractivity contribution in [3.63, 3.8) is 0 Å². The van der Waals surface area contributed by atoms with Crippen LogP contribution in [0.1, 0.15) is 31.9 Å². The molecule has 0 aliphatic carbocycles. The van der Waals surface area contributed by atoms with E-state index in [1.54, 1.807) is 6.92 Å². The summed E-state index contributed by atoms with van der Waals surface area (Å²) < 4.78 is 26.4. The van der Waals surface area contributed by atoms with Crippen LogP contribution in [0.5, 0.6) is 0 Å². The van der Waals surface area contributed by atoms with Crippen molar-refractivity contribution in [3.05, 3.63) is 34.4 Å². The molecule has 1 nitrogen and oxygen atoms in total. The lowest BCUT2D eigenvalue weighted by Crippen LogP contribution is -2.10. The summed E-state index contributed by atoms with van der Waals surface area (Å²) in [6.07, 6.45) is -0.313. The van der Waals surface area contributed by atoms with Crippen molar-refractivity contribution in [1.29, 1.82) is 0 Å². The summed E-state index contributed by atoms with van der Waals surface area (Å²) in [5.41, 5.74) is -0.0359. The number of aliphatic hydroxyl groups is 1. The van der Waals surface area contributed by atoms with Gasteiger partial charge >= 0.3 is 0 Å². The SMILES string of the molecule is CCC(C)C(O)c1cc(F)c(Cl)cc1F.